The van der Waals surface area contributed by atoms with Crippen LogP contribution >= 0.6 is 0 Å². The number of rotatable bonds is 5. The summed E-state index contributed by atoms with van der Waals surface area (Å²) >= 11 is 0. The smallest absolute Gasteiger partial charge is 0.414 e. The fraction of sp³-hybridized carbons (Fsp3) is 0.786. The third-order valence-corrected chi connectivity index (χ3v) is 3.71. The van der Waals surface area contributed by atoms with E-state index in [1.807, 2.05) is 0 Å². The molecular weight excluding hydrogens is 262 g/mol. The highest BCUT2D eigenvalue weighted by Crippen LogP contribution is 2.38. The van der Waals surface area contributed by atoms with Crippen LogP contribution in [0.15, 0.2) is 0 Å². The highest BCUT2D eigenvalue weighted by molar-refractivity contribution is 5.85. The predicted molar refractivity (Wildman–Crippen MR) is 72.1 cm³/mol. The number of aliphatic carboxylic acids is 1. The Morgan fingerprint density at radius 2 is 1.80 bits per heavy atom. The summed E-state index contributed by atoms with van der Waals surface area (Å²) in [7, 11) is 0. The maximum absolute atomic E-state index is 11.5. The summed E-state index contributed by atoms with van der Waals surface area (Å²) in [6.07, 6.45) is 3.82. The number of carbonyl (C=O) groups excluding carboxylic acids is 2. The van der Waals surface area contributed by atoms with Crippen LogP contribution in [0, 0.1) is 11.3 Å². The lowest BCUT2D eigenvalue weighted by atomic mass is 9.72. The highest BCUT2D eigenvalue weighted by Gasteiger charge is 2.35. The number of esters is 1. The third-order valence-electron chi connectivity index (χ3n) is 3.71. The summed E-state index contributed by atoms with van der Waals surface area (Å²) in [6.45, 7) is 3.52. The van der Waals surface area contributed by atoms with E-state index in [0.29, 0.717) is 0 Å². The Morgan fingerprint density at radius 3 is 2.30 bits per heavy atom. The van der Waals surface area contributed by atoms with Gasteiger partial charge in [0, 0.05) is 6.54 Å². The first-order valence-electron chi connectivity index (χ1n) is 7.06. The van der Waals surface area contributed by atoms with E-state index >= 15 is 0 Å². The van der Waals surface area contributed by atoms with E-state index in [1.54, 1.807) is 13.8 Å². The topological polar surface area (TPSA) is 92.7 Å². The van der Waals surface area contributed by atoms with Gasteiger partial charge in [-0.3, -0.25) is 9.59 Å². The standard InChI is InChI=1S/C14H23NO5/c1-10(2)12(18)20-13(19)15-9-14(8-11(16)17)6-4-3-5-7-14/h10H,3-9H2,1-2H3,(H,15,19)(H,16,17). The number of carbonyl (C=O) groups is 3. The van der Waals surface area contributed by atoms with Gasteiger partial charge in [-0.2, -0.15) is 0 Å². The molecular formula is C14H23NO5. The lowest BCUT2D eigenvalue weighted by Gasteiger charge is -2.36. The first kappa shape index (κ1) is 16.5. The van der Waals surface area contributed by atoms with Crippen LogP contribution in [0.4, 0.5) is 4.79 Å². The molecule has 0 radical (unpaired) electrons. The van der Waals surface area contributed by atoms with Gasteiger partial charge in [0.1, 0.15) is 0 Å². The van der Waals surface area contributed by atoms with Crippen molar-refractivity contribution in [1.29, 1.82) is 0 Å². The van der Waals surface area contributed by atoms with Gasteiger partial charge in [0.05, 0.1) is 12.3 Å². The van der Waals surface area contributed by atoms with Crippen molar-refractivity contribution in [2.24, 2.45) is 11.3 Å². The van der Waals surface area contributed by atoms with Crippen LogP contribution in [0.5, 0.6) is 0 Å². The summed E-state index contributed by atoms with van der Waals surface area (Å²) in [5.41, 5.74) is -0.413. The molecule has 1 saturated carbocycles. The van der Waals surface area contributed by atoms with Crippen molar-refractivity contribution in [2.45, 2.75) is 52.4 Å². The Hall–Kier alpha value is -1.59. The second-order valence-electron chi connectivity index (χ2n) is 5.85. The monoisotopic (exact) mass is 285 g/mol. The highest BCUT2D eigenvalue weighted by atomic mass is 16.6. The van der Waals surface area contributed by atoms with Gasteiger partial charge in [0.2, 0.25) is 0 Å². The van der Waals surface area contributed by atoms with E-state index in [9.17, 15) is 14.4 Å². The first-order chi connectivity index (χ1) is 9.34. The molecule has 1 amide bonds. The van der Waals surface area contributed by atoms with E-state index in [2.05, 4.69) is 10.1 Å². The Morgan fingerprint density at radius 1 is 1.20 bits per heavy atom. The number of ether oxygens (including phenoxy) is 1. The lowest BCUT2D eigenvalue weighted by Crippen LogP contribution is -2.41. The zero-order valence-electron chi connectivity index (χ0n) is 12.1. The third kappa shape index (κ3) is 5.19. The SMILES string of the molecule is CC(C)C(=O)OC(=O)NCC1(CC(=O)O)CCCCC1. The van der Waals surface area contributed by atoms with Gasteiger partial charge < -0.3 is 15.2 Å². The van der Waals surface area contributed by atoms with Crippen LogP contribution in [-0.2, 0) is 14.3 Å². The molecule has 20 heavy (non-hydrogen) atoms. The molecule has 114 valence electrons. The Balaban J connectivity index is 2.51. The molecule has 6 nitrogen and oxygen atoms in total. The quantitative estimate of drug-likeness (QED) is 0.597. The molecule has 2 N–H and O–H groups in total. The number of alkyl carbamates (subject to hydrolysis) is 1. The molecule has 0 spiro atoms. The van der Waals surface area contributed by atoms with Gasteiger partial charge in [0.15, 0.2) is 0 Å². The van der Waals surface area contributed by atoms with Crippen molar-refractivity contribution in [2.75, 3.05) is 6.54 Å². The van der Waals surface area contributed by atoms with E-state index in [-0.39, 0.29) is 18.9 Å². The average molecular weight is 285 g/mol. The molecule has 1 aliphatic carbocycles. The molecule has 1 aliphatic rings. The lowest BCUT2D eigenvalue weighted by molar-refractivity contribution is -0.142. The Kier molecular flexibility index (Phi) is 5.98. The molecule has 1 fully saturated rings. The van der Waals surface area contributed by atoms with Crippen molar-refractivity contribution in [3.8, 4) is 0 Å². The minimum atomic E-state index is -0.861. The largest absolute Gasteiger partial charge is 0.481 e. The van der Waals surface area contributed by atoms with Gasteiger partial charge in [-0.1, -0.05) is 33.1 Å². The molecule has 0 aliphatic heterocycles. The molecule has 1 rings (SSSR count). The van der Waals surface area contributed by atoms with E-state index in [1.165, 1.54) is 0 Å². The molecule has 0 bridgehead atoms. The molecule has 0 aromatic carbocycles. The summed E-state index contributed by atoms with van der Waals surface area (Å²) in [5, 5.41) is 11.6. The number of carboxylic acid groups (broad SMARTS) is 1. The fourth-order valence-electron chi connectivity index (χ4n) is 2.54. The number of nitrogens with one attached hydrogen (secondary N) is 1. The number of amides is 1. The molecule has 0 aromatic heterocycles. The maximum atomic E-state index is 11.5. The number of hydrogen-bond donors (Lipinski definition) is 2. The van der Waals surface area contributed by atoms with Crippen molar-refractivity contribution in [1.82, 2.24) is 5.32 Å². The van der Waals surface area contributed by atoms with E-state index in [0.717, 1.165) is 32.1 Å². The fourth-order valence-corrected chi connectivity index (χ4v) is 2.54. The van der Waals surface area contributed by atoms with Gasteiger partial charge in [-0.05, 0) is 18.3 Å². The van der Waals surface area contributed by atoms with Gasteiger partial charge in [-0.15, -0.1) is 0 Å². The normalized spacial score (nSPS) is 17.6. The van der Waals surface area contributed by atoms with Gasteiger partial charge >= 0.3 is 18.0 Å². The van der Waals surface area contributed by atoms with Gasteiger partial charge in [0.25, 0.3) is 0 Å². The minimum Gasteiger partial charge on any atom is -0.481 e. The van der Waals surface area contributed by atoms with Crippen LogP contribution in [0.1, 0.15) is 52.4 Å². The Bertz CT molecular complexity index is 372. The number of carboxylic acids is 1. The van der Waals surface area contributed by atoms with Crippen molar-refractivity contribution >= 4 is 18.0 Å². The zero-order chi connectivity index (χ0) is 15.2. The number of hydrogen-bond acceptors (Lipinski definition) is 4. The summed E-state index contributed by atoms with van der Waals surface area (Å²) in [4.78, 5) is 33.8. The van der Waals surface area contributed by atoms with Crippen molar-refractivity contribution in [3.63, 3.8) is 0 Å². The molecule has 0 heterocycles. The second-order valence-corrected chi connectivity index (χ2v) is 5.85. The molecule has 6 heteroatoms. The van der Waals surface area contributed by atoms with Crippen LogP contribution in [0.2, 0.25) is 0 Å². The van der Waals surface area contributed by atoms with Crippen LogP contribution in [0.3, 0.4) is 0 Å². The molecule has 0 saturated heterocycles. The molecule has 0 atom stereocenters. The minimum absolute atomic E-state index is 0.0331. The predicted octanol–water partition coefficient (Wildman–Crippen LogP) is 2.32. The summed E-state index contributed by atoms with van der Waals surface area (Å²) in [5.74, 6) is -1.82. The average Bonchev–Trinajstić information content (AvgIpc) is 2.36. The second kappa shape index (κ2) is 7.26. The molecule has 0 unspecified atom stereocenters. The van der Waals surface area contributed by atoms with E-state index in [4.69, 9.17) is 5.11 Å². The van der Waals surface area contributed by atoms with Crippen LogP contribution in [-0.4, -0.2) is 29.7 Å². The Labute approximate surface area is 118 Å². The van der Waals surface area contributed by atoms with Crippen LogP contribution < -0.4 is 5.32 Å². The van der Waals surface area contributed by atoms with Crippen molar-refractivity contribution < 1.29 is 24.2 Å². The summed E-state index contributed by atoms with van der Waals surface area (Å²) < 4.78 is 4.62. The summed E-state index contributed by atoms with van der Waals surface area (Å²) in [6, 6.07) is 0. The maximum Gasteiger partial charge on any atom is 0.414 e. The first-order valence-corrected chi connectivity index (χ1v) is 7.06. The molecule has 0 aromatic rings. The van der Waals surface area contributed by atoms with Crippen molar-refractivity contribution in [3.05, 3.63) is 0 Å². The van der Waals surface area contributed by atoms with Crippen LogP contribution in [0.25, 0.3) is 0 Å². The van der Waals surface area contributed by atoms with E-state index < -0.39 is 23.4 Å². The van der Waals surface area contributed by atoms with Gasteiger partial charge in [-0.25, -0.2) is 4.79 Å². The zero-order valence-corrected chi connectivity index (χ0v) is 12.1.